The van der Waals surface area contributed by atoms with Gasteiger partial charge in [0, 0.05) is 44.1 Å². The lowest BCUT2D eigenvalue weighted by Crippen LogP contribution is -2.56. The molecule has 0 fully saturated rings. The number of aliphatic hydroxyl groups excluding tert-OH is 2. The highest BCUT2D eigenvalue weighted by atomic mass is 16.3. The minimum atomic E-state index is -2.53. The number of anilines is 1. The van der Waals surface area contributed by atoms with Gasteiger partial charge in [0.05, 0.1) is 12.1 Å². The normalized spacial score (nSPS) is 24.8. The van der Waals surface area contributed by atoms with E-state index in [1.54, 1.807) is 39.2 Å². The quantitative estimate of drug-likeness (QED) is 0.387. The number of benzene rings is 1. The van der Waals surface area contributed by atoms with Crippen LogP contribution in [0.15, 0.2) is 28.7 Å². The minimum absolute atomic E-state index is 0.0282. The number of hydrogen-bond donors (Lipinski definition) is 4. The molecule has 0 radical (unpaired) electrons. The zero-order valence-electron chi connectivity index (χ0n) is 22.3. The van der Waals surface area contributed by atoms with E-state index in [9.17, 15) is 39.6 Å². The van der Waals surface area contributed by atoms with Crippen LogP contribution in [0.5, 0.6) is 5.75 Å². The molecule has 204 valence electrons. The number of aromatic hydroxyl groups is 1. The zero-order chi connectivity index (χ0) is 28.3. The second-order valence-corrected chi connectivity index (χ2v) is 11.0. The first-order valence-corrected chi connectivity index (χ1v) is 12.6. The molecule has 4 rings (SSSR count). The van der Waals surface area contributed by atoms with Crippen LogP contribution >= 0.6 is 0 Å². The minimum Gasteiger partial charge on any atom is -0.511 e. The molecule has 1 aromatic rings. The molecule has 38 heavy (non-hydrogen) atoms. The number of allylic oxidation sites excluding steroid dienone is 2. The van der Waals surface area contributed by atoms with Gasteiger partial charge in [0.2, 0.25) is 5.78 Å². The van der Waals surface area contributed by atoms with Crippen molar-refractivity contribution in [2.24, 2.45) is 11.8 Å². The maximum atomic E-state index is 13.9. The largest absolute Gasteiger partial charge is 0.511 e. The molecular formula is C28H34N2O8. The molecular weight excluding hydrogens is 492 g/mol. The van der Waals surface area contributed by atoms with Gasteiger partial charge >= 0.3 is 0 Å². The summed E-state index contributed by atoms with van der Waals surface area (Å²) in [5.41, 5.74) is -1.65. The van der Waals surface area contributed by atoms with E-state index in [0.29, 0.717) is 16.8 Å². The number of phenols is 1. The van der Waals surface area contributed by atoms with Crippen LogP contribution in [0.1, 0.15) is 47.7 Å². The third kappa shape index (κ3) is 4.21. The van der Waals surface area contributed by atoms with Crippen molar-refractivity contribution in [1.82, 2.24) is 4.90 Å². The molecule has 3 aliphatic rings. The highest BCUT2D eigenvalue weighted by Gasteiger charge is 2.59. The third-order valence-corrected chi connectivity index (χ3v) is 7.87. The molecule has 3 atom stereocenters. The standard InChI is InChI=1S/C28H34N2O8/c1-13(31)21-20(33)11-16-8-15-9-18-19(30(4)5)10-14(6-7-17(32)12-29(2)3)24(34)23(18)25(35)22(15)27(37)28(16,38)26(21)36/h10,15-16,33-34,37-38H,6-9,11-12H2,1-5H3/t15-,16+,28?/m1/s1. The molecule has 0 aromatic heterocycles. The maximum Gasteiger partial charge on any atom is 0.209 e. The lowest BCUT2D eigenvalue weighted by molar-refractivity contribution is -0.144. The molecule has 3 aliphatic carbocycles. The van der Waals surface area contributed by atoms with Crippen molar-refractivity contribution < 1.29 is 39.6 Å². The molecule has 0 spiro atoms. The highest BCUT2D eigenvalue weighted by molar-refractivity contribution is 6.25. The van der Waals surface area contributed by atoms with Crippen molar-refractivity contribution in [2.45, 2.75) is 44.6 Å². The Kier molecular flexibility index (Phi) is 7.00. The molecule has 0 bridgehead atoms. The van der Waals surface area contributed by atoms with E-state index >= 15 is 0 Å². The van der Waals surface area contributed by atoms with Crippen LogP contribution in [-0.4, -0.2) is 88.8 Å². The Hall–Kier alpha value is -3.50. The van der Waals surface area contributed by atoms with E-state index in [2.05, 4.69) is 0 Å². The first-order valence-electron chi connectivity index (χ1n) is 12.6. The maximum absolute atomic E-state index is 13.9. The second kappa shape index (κ2) is 9.67. The van der Waals surface area contributed by atoms with Gasteiger partial charge in [-0.15, -0.1) is 0 Å². The summed E-state index contributed by atoms with van der Waals surface area (Å²) in [4.78, 5) is 54.9. The van der Waals surface area contributed by atoms with Crippen molar-refractivity contribution in [1.29, 1.82) is 0 Å². The Bertz CT molecular complexity index is 1320. The lowest BCUT2D eigenvalue weighted by Gasteiger charge is -2.46. The van der Waals surface area contributed by atoms with Crippen molar-refractivity contribution >= 4 is 28.8 Å². The summed E-state index contributed by atoms with van der Waals surface area (Å²) in [5.74, 6) is -5.69. The Labute approximate surface area is 220 Å². The van der Waals surface area contributed by atoms with Crippen LogP contribution in [0, 0.1) is 11.8 Å². The predicted octanol–water partition coefficient (Wildman–Crippen LogP) is 1.81. The number of phenolic OH excluding ortho intramolecular Hbond substituents is 1. The molecule has 10 nitrogen and oxygen atoms in total. The van der Waals surface area contributed by atoms with Gasteiger partial charge in [0.1, 0.15) is 28.6 Å². The van der Waals surface area contributed by atoms with Crippen LogP contribution in [-0.2, 0) is 27.2 Å². The fourth-order valence-corrected chi connectivity index (χ4v) is 6.13. The summed E-state index contributed by atoms with van der Waals surface area (Å²) in [6.07, 6.45) is 0.507. The van der Waals surface area contributed by atoms with Crippen molar-refractivity contribution in [3.63, 3.8) is 0 Å². The Morgan fingerprint density at radius 2 is 1.74 bits per heavy atom. The van der Waals surface area contributed by atoms with E-state index in [1.165, 1.54) is 0 Å². The molecule has 10 heteroatoms. The highest BCUT2D eigenvalue weighted by Crippen LogP contribution is 2.52. The number of fused-ring (bicyclic) bond motifs is 3. The average Bonchev–Trinajstić information content (AvgIpc) is 2.80. The van der Waals surface area contributed by atoms with Crippen LogP contribution in [0.25, 0.3) is 0 Å². The van der Waals surface area contributed by atoms with Gasteiger partial charge in [-0.05, 0) is 63.4 Å². The van der Waals surface area contributed by atoms with Gasteiger partial charge in [0.15, 0.2) is 17.2 Å². The van der Waals surface area contributed by atoms with E-state index in [0.717, 1.165) is 6.92 Å². The topological polar surface area (TPSA) is 156 Å². The molecule has 0 amide bonds. The van der Waals surface area contributed by atoms with E-state index in [1.807, 2.05) is 4.90 Å². The number of likely N-dealkylation sites (N-methyl/N-ethyl adjacent to an activating group) is 1. The van der Waals surface area contributed by atoms with Gasteiger partial charge in [0.25, 0.3) is 0 Å². The number of Topliss-reactive ketones (excluding diaryl/α,β-unsaturated/α-hetero) is 4. The molecule has 0 aliphatic heterocycles. The SMILES string of the molecule is CC(=O)C1=C(O)C[C@@H]2C[C@@H]3Cc4c(N(C)C)cc(CCC(=O)CN(C)C)c(O)c4C(=O)C3=C(O)C2(O)C1=O. The fourth-order valence-electron chi connectivity index (χ4n) is 6.13. The van der Waals surface area contributed by atoms with E-state index < -0.39 is 51.9 Å². The Morgan fingerprint density at radius 1 is 1.08 bits per heavy atom. The smallest absolute Gasteiger partial charge is 0.209 e. The predicted molar refractivity (Wildman–Crippen MR) is 139 cm³/mol. The zero-order valence-corrected chi connectivity index (χ0v) is 22.3. The van der Waals surface area contributed by atoms with Crippen LogP contribution in [0.2, 0.25) is 0 Å². The van der Waals surface area contributed by atoms with Gasteiger partial charge in [-0.25, -0.2) is 0 Å². The summed E-state index contributed by atoms with van der Waals surface area (Å²) < 4.78 is 0. The van der Waals surface area contributed by atoms with Gasteiger partial charge in [-0.3, -0.25) is 19.2 Å². The fraction of sp³-hybridized carbons (Fsp3) is 0.500. The van der Waals surface area contributed by atoms with Crippen molar-refractivity contribution in [3.05, 3.63) is 45.4 Å². The summed E-state index contributed by atoms with van der Waals surface area (Å²) in [6, 6.07) is 1.76. The van der Waals surface area contributed by atoms with Crippen LogP contribution < -0.4 is 4.90 Å². The third-order valence-electron chi connectivity index (χ3n) is 7.87. The number of carbonyl (C=O) groups is 4. The molecule has 1 aromatic carbocycles. The first-order chi connectivity index (χ1) is 17.7. The molecule has 0 heterocycles. The van der Waals surface area contributed by atoms with Crippen LogP contribution in [0.3, 0.4) is 0 Å². The molecule has 0 saturated heterocycles. The number of ketones is 4. The number of rotatable bonds is 7. The molecule has 4 N–H and O–H groups in total. The van der Waals surface area contributed by atoms with Crippen molar-refractivity contribution in [3.8, 4) is 5.75 Å². The molecule has 1 unspecified atom stereocenters. The number of aryl methyl sites for hydroxylation is 1. The number of hydrogen-bond acceptors (Lipinski definition) is 10. The number of carbonyl (C=O) groups excluding carboxylic acids is 4. The lowest BCUT2D eigenvalue weighted by atomic mass is 9.60. The van der Waals surface area contributed by atoms with Gasteiger partial charge in [-0.1, -0.05) is 0 Å². The van der Waals surface area contributed by atoms with Gasteiger partial charge < -0.3 is 30.2 Å². The summed E-state index contributed by atoms with van der Waals surface area (Å²) in [7, 11) is 7.16. The Morgan fingerprint density at radius 3 is 2.32 bits per heavy atom. The Balaban J connectivity index is 1.83. The summed E-state index contributed by atoms with van der Waals surface area (Å²) >= 11 is 0. The summed E-state index contributed by atoms with van der Waals surface area (Å²) in [5, 5.41) is 44.2. The summed E-state index contributed by atoms with van der Waals surface area (Å²) in [6.45, 7) is 1.32. The number of aliphatic hydroxyl groups is 3. The number of nitrogens with zero attached hydrogens (tertiary/aromatic N) is 2. The van der Waals surface area contributed by atoms with E-state index in [4.69, 9.17) is 0 Å². The van der Waals surface area contributed by atoms with E-state index in [-0.39, 0.29) is 61.3 Å². The molecule has 0 saturated carbocycles. The average molecular weight is 527 g/mol. The second-order valence-electron chi connectivity index (χ2n) is 11.0. The monoisotopic (exact) mass is 526 g/mol. The van der Waals surface area contributed by atoms with Crippen LogP contribution in [0.4, 0.5) is 5.69 Å². The first kappa shape index (κ1) is 27.5. The van der Waals surface area contributed by atoms with Gasteiger partial charge in [-0.2, -0.15) is 0 Å². The van der Waals surface area contributed by atoms with Crippen molar-refractivity contribution in [2.75, 3.05) is 39.6 Å².